The summed E-state index contributed by atoms with van der Waals surface area (Å²) >= 11 is 5.92. The van der Waals surface area contributed by atoms with E-state index in [4.69, 9.17) is 16.3 Å². The quantitative estimate of drug-likeness (QED) is 0.574. The molecule has 0 atom stereocenters. The molecule has 28 heavy (non-hydrogen) atoms. The Bertz CT molecular complexity index is 831. The number of piperidine rings is 1. The summed E-state index contributed by atoms with van der Waals surface area (Å²) in [6.07, 6.45) is 3.00. The Morgan fingerprint density at radius 1 is 1.29 bits per heavy atom. The van der Waals surface area contributed by atoms with Gasteiger partial charge in [0, 0.05) is 23.0 Å². The second-order valence-corrected chi connectivity index (χ2v) is 7.25. The van der Waals surface area contributed by atoms with Crippen LogP contribution in [0.25, 0.3) is 0 Å². The van der Waals surface area contributed by atoms with Gasteiger partial charge in [0.2, 0.25) is 5.91 Å². The summed E-state index contributed by atoms with van der Waals surface area (Å²) in [5.41, 5.74) is 4.28. The lowest BCUT2D eigenvalue weighted by Gasteiger charge is -2.30. The standard InChI is InChI=1S/C21H24ClN3O3/c1-28-19-4-2-3-17(20(19)26)13-23-24-21(27)16-9-11-25(12-10-16)14-15-5-7-18(22)8-6-15/h2-8,13,16,26H,9-12,14H2,1H3,(H,24,27)/b23-13-. The number of ether oxygens (including phenoxy) is 1. The Morgan fingerprint density at radius 3 is 2.68 bits per heavy atom. The van der Waals surface area contributed by atoms with E-state index in [1.165, 1.54) is 18.9 Å². The van der Waals surface area contributed by atoms with Crippen molar-refractivity contribution < 1.29 is 14.6 Å². The Kier molecular flexibility index (Phi) is 6.90. The number of likely N-dealkylation sites (tertiary alicyclic amines) is 1. The van der Waals surface area contributed by atoms with Crippen molar-refractivity contribution in [2.24, 2.45) is 11.0 Å². The summed E-state index contributed by atoms with van der Waals surface area (Å²) in [5.74, 6) is 0.212. The van der Waals surface area contributed by atoms with Crippen LogP contribution in [0, 0.1) is 5.92 Å². The zero-order valence-corrected chi connectivity index (χ0v) is 16.5. The van der Waals surface area contributed by atoms with E-state index in [9.17, 15) is 9.90 Å². The number of carbonyl (C=O) groups excluding carboxylic acids is 1. The van der Waals surface area contributed by atoms with Gasteiger partial charge in [-0.1, -0.05) is 29.8 Å². The van der Waals surface area contributed by atoms with Crippen LogP contribution in [0.5, 0.6) is 11.5 Å². The fourth-order valence-electron chi connectivity index (χ4n) is 3.27. The van der Waals surface area contributed by atoms with E-state index in [0.29, 0.717) is 11.3 Å². The van der Waals surface area contributed by atoms with Gasteiger partial charge >= 0.3 is 0 Å². The second-order valence-electron chi connectivity index (χ2n) is 6.81. The molecule has 1 heterocycles. The van der Waals surface area contributed by atoms with Crippen molar-refractivity contribution in [1.29, 1.82) is 0 Å². The van der Waals surface area contributed by atoms with E-state index in [0.717, 1.165) is 37.5 Å². The number of nitrogens with one attached hydrogen (secondary N) is 1. The van der Waals surface area contributed by atoms with Crippen molar-refractivity contribution in [3.8, 4) is 11.5 Å². The highest BCUT2D eigenvalue weighted by Crippen LogP contribution is 2.28. The minimum Gasteiger partial charge on any atom is -0.504 e. The molecular formula is C21H24ClN3O3. The SMILES string of the molecule is COc1cccc(/C=N\NC(=O)C2CCN(Cc3ccc(Cl)cc3)CC2)c1O. The van der Waals surface area contributed by atoms with E-state index < -0.39 is 0 Å². The summed E-state index contributed by atoms with van der Waals surface area (Å²) in [6.45, 7) is 2.58. The van der Waals surface area contributed by atoms with Gasteiger partial charge < -0.3 is 9.84 Å². The van der Waals surface area contributed by atoms with Crippen LogP contribution >= 0.6 is 11.6 Å². The predicted molar refractivity (Wildman–Crippen MR) is 110 cm³/mol. The highest BCUT2D eigenvalue weighted by atomic mass is 35.5. The van der Waals surface area contributed by atoms with Crippen molar-refractivity contribution in [2.75, 3.05) is 20.2 Å². The molecule has 2 aromatic rings. The molecule has 1 saturated heterocycles. The predicted octanol–water partition coefficient (Wildman–Crippen LogP) is 3.42. The maximum absolute atomic E-state index is 12.4. The molecule has 2 N–H and O–H groups in total. The topological polar surface area (TPSA) is 74.2 Å². The first-order chi connectivity index (χ1) is 13.6. The first kappa shape index (κ1) is 20.2. The zero-order valence-electron chi connectivity index (χ0n) is 15.8. The third kappa shape index (κ3) is 5.24. The summed E-state index contributed by atoms with van der Waals surface area (Å²) < 4.78 is 5.06. The molecule has 148 valence electrons. The summed E-state index contributed by atoms with van der Waals surface area (Å²) in [5, 5.41) is 14.7. The minimum absolute atomic E-state index is 0.00138. The van der Waals surface area contributed by atoms with Crippen LogP contribution in [-0.4, -0.2) is 42.3 Å². The van der Waals surface area contributed by atoms with E-state index in [1.807, 2.05) is 24.3 Å². The Balaban J connectivity index is 1.47. The molecule has 1 fully saturated rings. The van der Waals surface area contributed by atoms with E-state index in [2.05, 4.69) is 15.4 Å². The van der Waals surface area contributed by atoms with Crippen LogP contribution in [0.4, 0.5) is 0 Å². The van der Waals surface area contributed by atoms with Crippen molar-refractivity contribution >= 4 is 23.7 Å². The van der Waals surface area contributed by atoms with Crippen molar-refractivity contribution in [2.45, 2.75) is 19.4 Å². The molecule has 7 heteroatoms. The number of methoxy groups -OCH3 is 1. The Labute approximate surface area is 169 Å². The number of phenolic OH excluding ortho intramolecular Hbond substituents is 1. The maximum atomic E-state index is 12.4. The molecule has 0 saturated carbocycles. The number of benzene rings is 2. The van der Waals surface area contributed by atoms with Crippen LogP contribution in [0.1, 0.15) is 24.0 Å². The number of carbonyl (C=O) groups is 1. The van der Waals surface area contributed by atoms with Crippen LogP contribution < -0.4 is 10.2 Å². The van der Waals surface area contributed by atoms with Crippen LogP contribution in [0.3, 0.4) is 0 Å². The highest BCUT2D eigenvalue weighted by Gasteiger charge is 2.24. The number of hydrogen-bond donors (Lipinski definition) is 2. The van der Waals surface area contributed by atoms with Crippen LogP contribution in [0.2, 0.25) is 5.02 Å². The normalized spacial score (nSPS) is 15.6. The average molecular weight is 402 g/mol. The molecule has 0 unspecified atom stereocenters. The smallest absolute Gasteiger partial charge is 0.243 e. The number of hydrogen-bond acceptors (Lipinski definition) is 5. The number of hydrazone groups is 1. The monoisotopic (exact) mass is 401 g/mol. The van der Waals surface area contributed by atoms with E-state index >= 15 is 0 Å². The van der Waals surface area contributed by atoms with Gasteiger partial charge in [0.05, 0.1) is 13.3 Å². The highest BCUT2D eigenvalue weighted by molar-refractivity contribution is 6.30. The van der Waals surface area contributed by atoms with Crippen LogP contribution in [0.15, 0.2) is 47.6 Å². The fraction of sp³-hybridized carbons (Fsp3) is 0.333. The van der Waals surface area contributed by atoms with Gasteiger partial charge in [-0.15, -0.1) is 0 Å². The molecule has 6 nitrogen and oxygen atoms in total. The van der Waals surface area contributed by atoms with Gasteiger partial charge in [-0.3, -0.25) is 9.69 Å². The first-order valence-corrected chi connectivity index (χ1v) is 9.60. The maximum Gasteiger partial charge on any atom is 0.243 e. The molecule has 1 aliphatic heterocycles. The van der Waals surface area contributed by atoms with Crippen molar-refractivity contribution in [3.05, 3.63) is 58.6 Å². The third-order valence-corrected chi connectivity index (χ3v) is 5.16. The molecule has 0 bridgehead atoms. The van der Waals surface area contributed by atoms with Gasteiger partial charge in [-0.2, -0.15) is 5.10 Å². The van der Waals surface area contributed by atoms with Gasteiger partial charge in [0.15, 0.2) is 11.5 Å². The lowest BCUT2D eigenvalue weighted by Crippen LogP contribution is -2.39. The number of nitrogens with zero attached hydrogens (tertiary/aromatic N) is 2. The van der Waals surface area contributed by atoms with Gasteiger partial charge in [-0.25, -0.2) is 5.43 Å². The Hall–Kier alpha value is -2.57. The van der Waals surface area contributed by atoms with Gasteiger partial charge in [-0.05, 0) is 55.8 Å². The molecule has 2 aromatic carbocycles. The van der Waals surface area contributed by atoms with E-state index in [1.54, 1.807) is 18.2 Å². The molecule has 1 aliphatic rings. The summed E-state index contributed by atoms with van der Waals surface area (Å²) in [4.78, 5) is 14.7. The molecule has 3 rings (SSSR count). The molecule has 0 aliphatic carbocycles. The number of halogens is 1. The molecular weight excluding hydrogens is 378 g/mol. The summed E-state index contributed by atoms with van der Waals surface area (Å²) in [6, 6.07) is 13.0. The largest absolute Gasteiger partial charge is 0.504 e. The number of rotatable bonds is 6. The zero-order chi connectivity index (χ0) is 19.9. The molecule has 1 amide bonds. The number of para-hydroxylation sites is 1. The average Bonchev–Trinajstić information content (AvgIpc) is 2.71. The molecule has 0 aromatic heterocycles. The van der Waals surface area contributed by atoms with E-state index in [-0.39, 0.29) is 17.6 Å². The van der Waals surface area contributed by atoms with Gasteiger partial charge in [0.25, 0.3) is 0 Å². The van der Waals surface area contributed by atoms with Crippen molar-refractivity contribution in [1.82, 2.24) is 10.3 Å². The third-order valence-electron chi connectivity index (χ3n) is 4.91. The lowest BCUT2D eigenvalue weighted by atomic mass is 9.96. The number of aromatic hydroxyl groups is 1. The van der Waals surface area contributed by atoms with Crippen LogP contribution in [-0.2, 0) is 11.3 Å². The summed E-state index contributed by atoms with van der Waals surface area (Å²) in [7, 11) is 1.48. The first-order valence-electron chi connectivity index (χ1n) is 9.22. The second kappa shape index (κ2) is 9.57. The minimum atomic E-state index is -0.0928. The number of amides is 1. The fourth-order valence-corrected chi connectivity index (χ4v) is 3.39. The molecule has 0 spiro atoms. The molecule has 0 radical (unpaired) electrons. The van der Waals surface area contributed by atoms with Gasteiger partial charge in [0.1, 0.15) is 0 Å². The Morgan fingerprint density at radius 2 is 2.00 bits per heavy atom. The van der Waals surface area contributed by atoms with Crippen molar-refractivity contribution in [3.63, 3.8) is 0 Å². The number of phenols is 1. The lowest BCUT2D eigenvalue weighted by molar-refractivity contribution is -0.126.